The summed E-state index contributed by atoms with van der Waals surface area (Å²) in [5, 5.41) is 4.38. The Morgan fingerprint density at radius 1 is 1.50 bits per heavy atom. The molecule has 0 bridgehead atoms. The number of imidazole rings is 1. The molecule has 96 valence electrons. The summed E-state index contributed by atoms with van der Waals surface area (Å²) in [5.41, 5.74) is 2.18. The molecule has 1 N–H and O–H groups in total. The van der Waals surface area contributed by atoms with Gasteiger partial charge in [-0.05, 0) is 44.0 Å². The summed E-state index contributed by atoms with van der Waals surface area (Å²) in [6, 6.07) is 5.92. The molecule has 0 amide bonds. The minimum atomic E-state index is 0.0419. The van der Waals surface area contributed by atoms with Crippen LogP contribution < -0.4 is 5.32 Å². The average Bonchev–Trinajstić information content (AvgIpc) is 2.95. The second kappa shape index (κ2) is 4.25. The molecule has 0 spiro atoms. The van der Waals surface area contributed by atoms with Crippen molar-refractivity contribution in [3.05, 3.63) is 29.0 Å². The second-order valence-electron chi connectivity index (χ2n) is 5.09. The monoisotopic (exact) mass is 263 g/mol. The third-order valence-electron chi connectivity index (χ3n) is 4.12. The van der Waals surface area contributed by atoms with E-state index in [-0.39, 0.29) is 5.54 Å². The zero-order valence-electron chi connectivity index (χ0n) is 10.8. The number of benzene rings is 1. The quantitative estimate of drug-likeness (QED) is 0.902. The largest absolute Gasteiger partial charge is 0.330 e. The third-order valence-corrected chi connectivity index (χ3v) is 4.35. The molecule has 0 saturated carbocycles. The van der Waals surface area contributed by atoms with E-state index in [1.54, 1.807) is 0 Å². The molecular formula is C14H18ClN3. The van der Waals surface area contributed by atoms with Gasteiger partial charge in [-0.3, -0.25) is 0 Å². The fourth-order valence-corrected chi connectivity index (χ4v) is 3.22. The lowest BCUT2D eigenvalue weighted by Crippen LogP contribution is -2.38. The van der Waals surface area contributed by atoms with Crippen LogP contribution in [0.4, 0.5) is 0 Å². The summed E-state index contributed by atoms with van der Waals surface area (Å²) < 4.78 is 2.20. The number of aryl methyl sites for hydroxylation is 1. The van der Waals surface area contributed by atoms with Gasteiger partial charge in [0.15, 0.2) is 0 Å². The third kappa shape index (κ3) is 1.65. The summed E-state index contributed by atoms with van der Waals surface area (Å²) in [6.07, 6.45) is 3.45. The van der Waals surface area contributed by atoms with Crippen LogP contribution in [0, 0.1) is 0 Å². The normalized spacial score (nSPS) is 23.9. The van der Waals surface area contributed by atoms with Crippen LogP contribution in [0.5, 0.6) is 0 Å². The number of halogens is 1. The van der Waals surface area contributed by atoms with Gasteiger partial charge in [0.2, 0.25) is 0 Å². The van der Waals surface area contributed by atoms with Crippen molar-refractivity contribution < 1.29 is 0 Å². The van der Waals surface area contributed by atoms with E-state index < -0.39 is 0 Å². The van der Waals surface area contributed by atoms with Gasteiger partial charge < -0.3 is 9.88 Å². The van der Waals surface area contributed by atoms with Crippen molar-refractivity contribution in [3.63, 3.8) is 0 Å². The molecular weight excluding hydrogens is 246 g/mol. The van der Waals surface area contributed by atoms with Crippen molar-refractivity contribution in [1.82, 2.24) is 14.9 Å². The first-order valence-corrected chi connectivity index (χ1v) is 6.91. The second-order valence-corrected chi connectivity index (χ2v) is 5.53. The highest BCUT2D eigenvalue weighted by atomic mass is 35.5. The number of aromatic nitrogens is 2. The lowest BCUT2D eigenvalue weighted by Gasteiger charge is -2.27. The van der Waals surface area contributed by atoms with E-state index in [1.165, 1.54) is 6.42 Å². The van der Waals surface area contributed by atoms with E-state index in [0.717, 1.165) is 41.3 Å². The summed E-state index contributed by atoms with van der Waals surface area (Å²) in [7, 11) is 2.09. The van der Waals surface area contributed by atoms with E-state index in [9.17, 15) is 0 Å². The van der Waals surface area contributed by atoms with E-state index >= 15 is 0 Å². The minimum absolute atomic E-state index is 0.0419. The maximum atomic E-state index is 6.04. The van der Waals surface area contributed by atoms with Crippen LogP contribution in [-0.4, -0.2) is 16.1 Å². The molecule has 1 atom stereocenters. The average molecular weight is 264 g/mol. The number of rotatable bonds is 2. The van der Waals surface area contributed by atoms with Gasteiger partial charge in [-0.2, -0.15) is 0 Å². The Labute approximate surface area is 112 Å². The first-order valence-electron chi connectivity index (χ1n) is 6.54. The van der Waals surface area contributed by atoms with E-state index in [1.807, 2.05) is 18.2 Å². The molecule has 4 heteroatoms. The van der Waals surface area contributed by atoms with Crippen LogP contribution in [-0.2, 0) is 12.6 Å². The first-order chi connectivity index (χ1) is 8.66. The van der Waals surface area contributed by atoms with Crippen LogP contribution in [0.3, 0.4) is 0 Å². The molecule has 1 saturated heterocycles. The summed E-state index contributed by atoms with van der Waals surface area (Å²) in [5.74, 6) is 1.14. The number of nitrogens with zero attached hydrogens (tertiary/aromatic N) is 2. The van der Waals surface area contributed by atoms with E-state index in [2.05, 4.69) is 23.9 Å². The maximum absolute atomic E-state index is 6.04. The Kier molecular flexibility index (Phi) is 2.83. The number of hydrogen-bond donors (Lipinski definition) is 1. The summed E-state index contributed by atoms with van der Waals surface area (Å²) in [6.45, 7) is 3.31. The Bertz CT molecular complexity index is 582. The smallest absolute Gasteiger partial charge is 0.129 e. The summed E-state index contributed by atoms with van der Waals surface area (Å²) in [4.78, 5) is 4.81. The van der Waals surface area contributed by atoms with Gasteiger partial charge in [-0.1, -0.05) is 18.5 Å². The van der Waals surface area contributed by atoms with Gasteiger partial charge in [0.1, 0.15) is 5.82 Å². The van der Waals surface area contributed by atoms with Crippen molar-refractivity contribution in [2.45, 2.75) is 31.7 Å². The molecule has 1 aromatic carbocycles. The molecule has 1 fully saturated rings. The van der Waals surface area contributed by atoms with Crippen molar-refractivity contribution in [2.24, 2.45) is 7.05 Å². The number of nitrogens with one attached hydrogen (secondary N) is 1. The Hall–Kier alpha value is -1.06. The Morgan fingerprint density at radius 3 is 3.00 bits per heavy atom. The van der Waals surface area contributed by atoms with Gasteiger partial charge >= 0.3 is 0 Å². The highest BCUT2D eigenvalue weighted by Gasteiger charge is 2.37. The van der Waals surface area contributed by atoms with Crippen molar-refractivity contribution >= 4 is 22.6 Å². The van der Waals surface area contributed by atoms with Gasteiger partial charge in [0.25, 0.3) is 0 Å². The SMILES string of the molecule is CCC1(c2nc3cc(Cl)ccc3n2C)CCCN1. The van der Waals surface area contributed by atoms with Gasteiger partial charge in [-0.15, -0.1) is 0 Å². The molecule has 1 aromatic heterocycles. The molecule has 1 aliphatic heterocycles. The Morgan fingerprint density at radius 2 is 2.33 bits per heavy atom. The predicted octanol–water partition coefficient (Wildman–Crippen LogP) is 3.22. The molecule has 3 nitrogen and oxygen atoms in total. The topological polar surface area (TPSA) is 29.9 Å². The van der Waals surface area contributed by atoms with Crippen LogP contribution in [0.1, 0.15) is 32.0 Å². The Balaban J connectivity index is 2.20. The first kappa shape index (κ1) is 12.0. The minimum Gasteiger partial charge on any atom is -0.330 e. The zero-order valence-corrected chi connectivity index (χ0v) is 11.6. The zero-order chi connectivity index (χ0) is 12.8. The molecule has 0 radical (unpaired) electrons. The number of fused-ring (bicyclic) bond motifs is 1. The standard InChI is InChI=1S/C14H18ClN3/c1-3-14(7-4-8-16-14)13-17-11-9-10(15)5-6-12(11)18(13)2/h5-6,9,16H,3-4,7-8H2,1-2H3. The fourth-order valence-electron chi connectivity index (χ4n) is 3.06. The van der Waals surface area contributed by atoms with Crippen molar-refractivity contribution in [3.8, 4) is 0 Å². The highest BCUT2D eigenvalue weighted by molar-refractivity contribution is 6.31. The van der Waals surface area contributed by atoms with Crippen molar-refractivity contribution in [2.75, 3.05) is 6.54 Å². The lowest BCUT2D eigenvalue weighted by molar-refractivity contribution is 0.345. The maximum Gasteiger partial charge on any atom is 0.129 e. The molecule has 18 heavy (non-hydrogen) atoms. The molecule has 1 unspecified atom stereocenters. The molecule has 3 rings (SSSR count). The van der Waals surface area contributed by atoms with Crippen LogP contribution >= 0.6 is 11.6 Å². The van der Waals surface area contributed by atoms with Crippen LogP contribution in [0.2, 0.25) is 5.02 Å². The van der Waals surface area contributed by atoms with E-state index in [4.69, 9.17) is 16.6 Å². The fraction of sp³-hybridized carbons (Fsp3) is 0.500. The molecule has 2 heterocycles. The summed E-state index contributed by atoms with van der Waals surface area (Å²) >= 11 is 6.04. The van der Waals surface area contributed by atoms with Gasteiger partial charge in [0.05, 0.1) is 16.6 Å². The van der Waals surface area contributed by atoms with Crippen LogP contribution in [0.15, 0.2) is 18.2 Å². The van der Waals surface area contributed by atoms with Gasteiger partial charge in [-0.25, -0.2) is 4.98 Å². The number of hydrogen-bond acceptors (Lipinski definition) is 2. The molecule has 2 aromatic rings. The predicted molar refractivity (Wildman–Crippen MR) is 74.9 cm³/mol. The highest BCUT2D eigenvalue weighted by Crippen LogP contribution is 2.35. The van der Waals surface area contributed by atoms with Crippen LogP contribution in [0.25, 0.3) is 11.0 Å². The van der Waals surface area contributed by atoms with Gasteiger partial charge in [0, 0.05) is 12.1 Å². The van der Waals surface area contributed by atoms with E-state index in [0.29, 0.717) is 0 Å². The molecule has 1 aliphatic rings. The lowest BCUT2D eigenvalue weighted by atomic mass is 9.93. The molecule has 0 aliphatic carbocycles. The van der Waals surface area contributed by atoms with Crippen molar-refractivity contribution in [1.29, 1.82) is 0 Å².